The Morgan fingerprint density at radius 3 is 2.38 bits per heavy atom. The number of methoxy groups -OCH3 is 2. The van der Waals surface area contributed by atoms with Crippen LogP contribution < -0.4 is 9.64 Å². The molecule has 0 saturated carbocycles. The fourth-order valence-corrected chi connectivity index (χ4v) is 3.87. The summed E-state index contributed by atoms with van der Waals surface area (Å²) in [5.74, 6) is 1.09. The van der Waals surface area contributed by atoms with Crippen molar-refractivity contribution in [2.45, 2.75) is 18.5 Å². The minimum absolute atomic E-state index is 0.0366. The maximum absolute atomic E-state index is 12.9. The van der Waals surface area contributed by atoms with Gasteiger partial charge < -0.3 is 9.47 Å². The van der Waals surface area contributed by atoms with Crippen LogP contribution >= 0.6 is 11.6 Å². The lowest BCUT2D eigenvalue weighted by atomic mass is 9.92. The van der Waals surface area contributed by atoms with Crippen molar-refractivity contribution < 1.29 is 14.3 Å². The summed E-state index contributed by atoms with van der Waals surface area (Å²) in [6.45, 7) is -0.0366. The van der Waals surface area contributed by atoms with Crippen LogP contribution in [0.3, 0.4) is 0 Å². The Kier molecular flexibility index (Phi) is 5.51. The predicted octanol–water partition coefficient (Wildman–Crippen LogP) is 3.65. The van der Waals surface area contributed by atoms with Crippen LogP contribution in [0.1, 0.15) is 29.6 Å². The van der Waals surface area contributed by atoms with E-state index in [0.717, 1.165) is 16.9 Å². The third kappa shape index (κ3) is 3.71. The van der Waals surface area contributed by atoms with E-state index in [1.807, 2.05) is 48.5 Å². The largest absolute Gasteiger partial charge is 0.497 e. The normalized spacial score (nSPS) is 18.4. The number of carbonyl (C=O) groups is 1. The van der Waals surface area contributed by atoms with Gasteiger partial charge in [-0.25, -0.2) is 4.68 Å². The average Bonchev–Trinajstić information content (AvgIpc) is 3.23. The molecule has 4 rings (SSSR count). The SMILES string of the molecule is COCC(=O)N1c2ncnn2[C@@H](c2ccc(Cl)cc2)C[C@@H]1c1ccc(OC)cc1. The zero-order valence-corrected chi connectivity index (χ0v) is 16.9. The van der Waals surface area contributed by atoms with Crippen LogP contribution in [-0.2, 0) is 9.53 Å². The highest BCUT2D eigenvalue weighted by Gasteiger charge is 2.39. The summed E-state index contributed by atoms with van der Waals surface area (Å²) < 4.78 is 12.2. The number of carbonyl (C=O) groups excluding carboxylic acids is 1. The number of rotatable bonds is 5. The van der Waals surface area contributed by atoms with Crippen molar-refractivity contribution >= 4 is 23.5 Å². The average molecular weight is 413 g/mol. The Labute approximate surface area is 173 Å². The number of hydrogen-bond acceptors (Lipinski definition) is 5. The van der Waals surface area contributed by atoms with E-state index in [9.17, 15) is 4.79 Å². The van der Waals surface area contributed by atoms with Crippen LogP contribution in [0.5, 0.6) is 5.75 Å². The molecular formula is C21H21ClN4O3. The molecular weight excluding hydrogens is 392 g/mol. The van der Waals surface area contributed by atoms with Crippen LogP contribution in [0.25, 0.3) is 0 Å². The number of anilines is 1. The third-order valence-electron chi connectivity index (χ3n) is 5.11. The second-order valence-electron chi connectivity index (χ2n) is 6.79. The Balaban J connectivity index is 1.80. The Bertz CT molecular complexity index is 988. The maximum Gasteiger partial charge on any atom is 0.255 e. The van der Waals surface area contributed by atoms with Crippen molar-refractivity contribution in [3.8, 4) is 5.75 Å². The third-order valence-corrected chi connectivity index (χ3v) is 5.37. The highest BCUT2D eigenvalue weighted by molar-refractivity contribution is 6.30. The maximum atomic E-state index is 12.9. The summed E-state index contributed by atoms with van der Waals surface area (Å²) in [6, 6.07) is 15.1. The molecule has 0 aliphatic carbocycles. The van der Waals surface area contributed by atoms with E-state index in [1.54, 1.807) is 16.7 Å². The van der Waals surface area contributed by atoms with Gasteiger partial charge in [-0.3, -0.25) is 9.69 Å². The van der Waals surface area contributed by atoms with E-state index >= 15 is 0 Å². The molecule has 8 heteroatoms. The van der Waals surface area contributed by atoms with Crippen LogP contribution in [0.15, 0.2) is 54.9 Å². The quantitative estimate of drug-likeness (QED) is 0.639. The van der Waals surface area contributed by atoms with Gasteiger partial charge in [0.25, 0.3) is 5.91 Å². The van der Waals surface area contributed by atoms with Crippen molar-refractivity contribution in [2.24, 2.45) is 0 Å². The second-order valence-corrected chi connectivity index (χ2v) is 7.23. The number of nitrogens with zero attached hydrogens (tertiary/aromatic N) is 4. The first-order valence-electron chi connectivity index (χ1n) is 9.22. The Hall–Kier alpha value is -2.90. The lowest BCUT2D eigenvalue weighted by Crippen LogP contribution is -2.44. The van der Waals surface area contributed by atoms with Crippen LogP contribution in [0.4, 0.5) is 5.95 Å². The predicted molar refractivity (Wildman–Crippen MR) is 109 cm³/mol. The molecule has 7 nitrogen and oxygen atoms in total. The zero-order chi connectivity index (χ0) is 20.4. The van der Waals surface area contributed by atoms with Crippen molar-refractivity contribution in [1.82, 2.24) is 14.8 Å². The van der Waals surface area contributed by atoms with Gasteiger partial charge in [0.2, 0.25) is 5.95 Å². The Morgan fingerprint density at radius 2 is 1.72 bits per heavy atom. The fourth-order valence-electron chi connectivity index (χ4n) is 3.74. The number of benzene rings is 2. The number of ether oxygens (including phenoxy) is 2. The number of fused-ring (bicyclic) bond motifs is 1. The van der Waals surface area contributed by atoms with Gasteiger partial charge in [-0.15, -0.1) is 0 Å². The van der Waals surface area contributed by atoms with E-state index in [-0.39, 0.29) is 24.6 Å². The first kappa shape index (κ1) is 19.4. The summed E-state index contributed by atoms with van der Waals surface area (Å²) in [4.78, 5) is 19.0. The summed E-state index contributed by atoms with van der Waals surface area (Å²) in [5.41, 5.74) is 2.04. The number of aromatic nitrogens is 3. The zero-order valence-electron chi connectivity index (χ0n) is 16.2. The van der Waals surface area contributed by atoms with E-state index in [4.69, 9.17) is 21.1 Å². The molecule has 0 bridgehead atoms. The van der Waals surface area contributed by atoms with E-state index < -0.39 is 0 Å². The lowest BCUT2D eigenvalue weighted by molar-refractivity contribution is -0.123. The van der Waals surface area contributed by atoms with Gasteiger partial charge >= 0.3 is 0 Å². The highest BCUT2D eigenvalue weighted by Crippen LogP contribution is 2.42. The lowest BCUT2D eigenvalue weighted by Gasteiger charge is -2.39. The number of amides is 1. The molecule has 0 radical (unpaired) electrons. The van der Waals surface area contributed by atoms with Gasteiger partial charge in [0.1, 0.15) is 18.7 Å². The first-order valence-corrected chi connectivity index (χ1v) is 9.60. The summed E-state index contributed by atoms with van der Waals surface area (Å²) in [7, 11) is 3.13. The van der Waals surface area contributed by atoms with Gasteiger partial charge in [-0.1, -0.05) is 35.9 Å². The number of halogens is 1. The molecule has 29 heavy (non-hydrogen) atoms. The molecule has 0 saturated heterocycles. The summed E-state index contributed by atoms with van der Waals surface area (Å²) in [5, 5.41) is 5.08. The van der Waals surface area contributed by atoms with Gasteiger partial charge in [0, 0.05) is 12.1 Å². The van der Waals surface area contributed by atoms with Crippen LogP contribution in [0, 0.1) is 0 Å². The first-order chi connectivity index (χ1) is 14.1. The van der Waals surface area contributed by atoms with Crippen LogP contribution in [0.2, 0.25) is 5.02 Å². The monoisotopic (exact) mass is 412 g/mol. The topological polar surface area (TPSA) is 69.5 Å². The Morgan fingerprint density at radius 1 is 1.07 bits per heavy atom. The summed E-state index contributed by atoms with van der Waals surface area (Å²) >= 11 is 6.07. The molecule has 150 valence electrons. The van der Waals surface area contributed by atoms with Crippen molar-refractivity contribution in [1.29, 1.82) is 0 Å². The second kappa shape index (κ2) is 8.23. The van der Waals surface area contributed by atoms with Crippen molar-refractivity contribution in [2.75, 3.05) is 25.7 Å². The van der Waals surface area contributed by atoms with Crippen molar-refractivity contribution in [3.05, 3.63) is 71.0 Å². The molecule has 0 N–H and O–H groups in total. The molecule has 0 fully saturated rings. The smallest absolute Gasteiger partial charge is 0.255 e. The fraction of sp³-hybridized carbons (Fsp3) is 0.286. The van der Waals surface area contributed by atoms with Gasteiger partial charge in [-0.2, -0.15) is 10.1 Å². The molecule has 2 atom stereocenters. The molecule has 1 amide bonds. The summed E-state index contributed by atoms with van der Waals surface area (Å²) in [6.07, 6.45) is 2.11. The molecule has 2 aromatic carbocycles. The van der Waals surface area contributed by atoms with Gasteiger partial charge in [0.15, 0.2) is 0 Å². The molecule has 0 unspecified atom stereocenters. The van der Waals surface area contributed by atoms with Crippen molar-refractivity contribution in [3.63, 3.8) is 0 Å². The highest BCUT2D eigenvalue weighted by atomic mass is 35.5. The van der Waals surface area contributed by atoms with E-state index in [1.165, 1.54) is 13.4 Å². The molecule has 1 aliphatic rings. The standard InChI is InChI=1S/C21H21ClN4O3/c1-28-12-20(27)25-18(14-5-9-17(29-2)10-6-14)11-19(26-21(25)23-13-24-26)15-3-7-16(22)8-4-15/h3-10,13,18-19H,11-12H2,1-2H3/t18-,19-/m1/s1. The molecule has 1 aliphatic heterocycles. The minimum atomic E-state index is -0.221. The van der Waals surface area contributed by atoms with Gasteiger partial charge in [-0.05, 0) is 41.8 Å². The van der Waals surface area contributed by atoms with Crippen LogP contribution in [-0.4, -0.2) is 41.5 Å². The van der Waals surface area contributed by atoms with E-state index in [0.29, 0.717) is 17.4 Å². The van der Waals surface area contributed by atoms with Gasteiger partial charge in [0.05, 0.1) is 19.2 Å². The molecule has 2 heterocycles. The molecule has 0 spiro atoms. The minimum Gasteiger partial charge on any atom is -0.497 e. The van der Waals surface area contributed by atoms with E-state index in [2.05, 4.69) is 10.1 Å². The number of hydrogen-bond donors (Lipinski definition) is 0. The molecule has 1 aromatic heterocycles. The molecule has 3 aromatic rings.